The molecule has 1 aromatic rings. The Morgan fingerprint density at radius 3 is 2.65 bits per heavy atom. The maximum Gasteiger partial charge on any atom is 0.246 e. The highest BCUT2D eigenvalue weighted by Crippen LogP contribution is 2.55. The molecule has 1 spiro atoms. The lowest BCUT2D eigenvalue weighted by Crippen LogP contribution is -2.58. The topological polar surface area (TPSA) is 91.0 Å². The van der Waals surface area contributed by atoms with Gasteiger partial charge in [0.2, 0.25) is 17.7 Å². The second-order valence-electron chi connectivity index (χ2n) is 11.8. The molecular weight excluding hydrogens is 535 g/mol. The fraction of sp³-hybridized carbons (Fsp3) is 0.633. The van der Waals surface area contributed by atoms with E-state index in [1.807, 2.05) is 6.08 Å². The molecule has 4 aliphatic rings. The highest BCUT2D eigenvalue weighted by atomic mass is 35.5. The molecule has 3 heterocycles. The Kier molecular flexibility index (Phi) is 8.28. The number of benzene rings is 1. The van der Waals surface area contributed by atoms with E-state index in [0.717, 1.165) is 32.4 Å². The molecular formula is C30H40ClFN4O4. The fourth-order valence-corrected chi connectivity index (χ4v) is 7.32. The summed E-state index contributed by atoms with van der Waals surface area (Å²) >= 11 is 5.92. The molecule has 10 heteroatoms. The molecule has 8 nitrogen and oxygen atoms in total. The predicted molar refractivity (Wildman–Crippen MR) is 151 cm³/mol. The van der Waals surface area contributed by atoms with Gasteiger partial charge in [-0.15, -0.1) is 0 Å². The van der Waals surface area contributed by atoms with Crippen molar-refractivity contribution in [3.63, 3.8) is 0 Å². The molecule has 0 radical (unpaired) electrons. The van der Waals surface area contributed by atoms with E-state index in [-0.39, 0.29) is 22.9 Å². The van der Waals surface area contributed by atoms with Crippen molar-refractivity contribution in [1.82, 2.24) is 15.1 Å². The summed E-state index contributed by atoms with van der Waals surface area (Å²) in [6, 6.07) is 3.10. The van der Waals surface area contributed by atoms with E-state index < -0.39 is 41.3 Å². The SMILES string of the molecule is CCN(CC)CCN1C(=O)[C@@H]2[C@H](C(=O)Nc3ccc(F)c(Cl)c3)[C@@H]3C=C[C@@]2(O3)[C@@H]1C(=O)N[C@@H]1CCC[C@H](C)[C@@H]1C. The lowest BCUT2D eigenvalue weighted by Gasteiger charge is -2.38. The van der Waals surface area contributed by atoms with Gasteiger partial charge in [0.1, 0.15) is 17.5 Å². The van der Waals surface area contributed by atoms with Crippen LogP contribution in [0.15, 0.2) is 30.4 Å². The van der Waals surface area contributed by atoms with Crippen LogP contribution in [0.25, 0.3) is 0 Å². The first-order valence-electron chi connectivity index (χ1n) is 14.6. The summed E-state index contributed by atoms with van der Waals surface area (Å²) in [4.78, 5) is 45.6. The minimum absolute atomic E-state index is 0.0244. The number of halogens is 2. The van der Waals surface area contributed by atoms with Crippen molar-refractivity contribution >= 4 is 35.0 Å². The van der Waals surface area contributed by atoms with Crippen LogP contribution in [0.1, 0.15) is 47.0 Å². The minimum Gasteiger partial charge on any atom is -0.359 e. The van der Waals surface area contributed by atoms with E-state index in [9.17, 15) is 18.8 Å². The van der Waals surface area contributed by atoms with Gasteiger partial charge >= 0.3 is 0 Å². The standard InChI is InChI=1S/C30H40ClFN4O4/c1-5-35(6-2)14-15-36-26(28(38)34-22-9-7-8-17(3)18(22)4)30-13-12-23(40-30)24(25(30)29(36)39)27(37)33-19-10-11-21(32)20(31)16-19/h10-13,16-18,22-26H,5-9,14-15H2,1-4H3,(H,33,37)(H,34,38)/t17-,18-,22+,23-,24+,25-,26-,30-/m0/s1. The third-order valence-corrected chi connectivity index (χ3v) is 9.99. The fourth-order valence-electron chi connectivity index (χ4n) is 7.14. The number of carbonyl (C=O) groups is 3. The highest BCUT2D eigenvalue weighted by molar-refractivity contribution is 6.31. The average Bonchev–Trinajstić information content (AvgIpc) is 3.57. The largest absolute Gasteiger partial charge is 0.359 e. The van der Waals surface area contributed by atoms with Crippen LogP contribution in [0.5, 0.6) is 0 Å². The van der Waals surface area contributed by atoms with Gasteiger partial charge < -0.3 is 25.2 Å². The monoisotopic (exact) mass is 574 g/mol. The zero-order valence-electron chi connectivity index (χ0n) is 23.7. The first-order chi connectivity index (χ1) is 19.1. The number of ether oxygens (including phenoxy) is 1. The molecule has 3 fully saturated rings. The molecule has 3 amide bonds. The molecule has 8 atom stereocenters. The smallest absolute Gasteiger partial charge is 0.246 e. The molecule has 218 valence electrons. The van der Waals surface area contributed by atoms with Crippen LogP contribution < -0.4 is 10.6 Å². The Bertz CT molecular complexity index is 1190. The molecule has 2 N–H and O–H groups in total. The highest BCUT2D eigenvalue weighted by Gasteiger charge is 2.72. The van der Waals surface area contributed by atoms with Gasteiger partial charge in [0.15, 0.2) is 0 Å². The summed E-state index contributed by atoms with van der Waals surface area (Å²) in [6.07, 6.45) is 6.07. The Morgan fingerprint density at radius 2 is 1.95 bits per heavy atom. The molecule has 2 bridgehead atoms. The molecule has 3 aliphatic heterocycles. The normalized spacial score (nSPS) is 34.4. The molecule has 40 heavy (non-hydrogen) atoms. The Hall–Kier alpha value is -2.49. The number of fused-ring (bicyclic) bond motifs is 1. The lowest BCUT2D eigenvalue weighted by molar-refractivity contribution is -0.141. The van der Waals surface area contributed by atoms with Crippen LogP contribution in [0.2, 0.25) is 5.02 Å². The molecule has 2 saturated heterocycles. The second kappa shape index (κ2) is 11.4. The molecule has 5 rings (SSSR count). The van der Waals surface area contributed by atoms with Crippen molar-refractivity contribution < 1.29 is 23.5 Å². The van der Waals surface area contributed by atoms with Crippen molar-refractivity contribution in [1.29, 1.82) is 0 Å². The molecule has 0 unspecified atom stereocenters. The van der Waals surface area contributed by atoms with Crippen molar-refractivity contribution in [2.24, 2.45) is 23.7 Å². The van der Waals surface area contributed by atoms with E-state index in [4.69, 9.17) is 16.3 Å². The van der Waals surface area contributed by atoms with Crippen LogP contribution in [0.4, 0.5) is 10.1 Å². The van der Waals surface area contributed by atoms with Gasteiger partial charge in [-0.25, -0.2) is 4.39 Å². The van der Waals surface area contributed by atoms with Crippen LogP contribution in [0.3, 0.4) is 0 Å². The quantitative estimate of drug-likeness (QED) is 0.437. The first kappa shape index (κ1) is 29.0. The van der Waals surface area contributed by atoms with Gasteiger partial charge in [0.25, 0.3) is 0 Å². The summed E-state index contributed by atoms with van der Waals surface area (Å²) in [5, 5.41) is 5.96. The number of nitrogens with zero attached hydrogens (tertiary/aromatic N) is 2. The van der Waals surface area contributed by atoms with Crippen molar-refractivity contribution in [2.45, 2.75) is 70.7 Å². The van der Waals surface area contributed by atoms with Gasteiger partial charge in [-0.3, -0.25) is 14.4 Å². The maximum atomic E-state index is 14.1. The number of carbonyl (C=O) groups excluding carboxylic acids is 3. The summed E-state index contributed by atoms with van der Waals surface area (Å²) < 4.78 is 20.1. The van der Waals surface area contributed by atoms with Crippen LogP contribution in [-0.4, -0.2) is 77.5 Å². The van der Waals surface area contributed by atoms with Crippen molar-refractivity contribution in [3.05, 3.63) is 41.2 Å². The first-order valence-corrected chi connectivity index (χ1v) is 14.9. The molecule has 1 saturated carbocycles. The van der Waals surface area contributed by atoms with E-state index in [1.54, 1.807) is 11.0 Å². The third kappa shape index (κ3) is 4.94. The summed E-state index contributed by atoms with van der Waals surface area (Å²) in [5.41, 5.74) is -0.892. The zero-order chi connectivity index (χ0) is 28.8. The average molecular weight is 575 g/mol. The lowest BCUT2D eigenvalue weighted by atomic mass is 9.73. The van der Waals surface area contributed by atoms with Gasteiger partial charge in [-0.05, 0) is 49.5 Å². The van der Waals surface area contributed by atoms with Crippen molar-refractivity contribution in [3.8, 4) is 0 Å². The molecule has 1 aromatic carbocycles. The molecule has 0 aromatic heterocycles. The Labute approximate surface area is 240 Å². The minimum atomic E-state index is -1.22. The van der Waals surface area contributed by atoms with Gasteiger partial charge in [-0.1, -0.05) is 64.3 Å². The summed E-state index contributed by atoms with van der Waals surface area (Å²) in [6.45, 7) is 11.1. The van der Waals surface area contributed by atoms with E-state index in [2.05, 4.69) is 43.2 Å². The number of anilines is 1. The zero-order valence-corrected chi connectivity index (χ0v) is 24.4. The number of likely N-dealkylation sites (tertiary alicyclic amines) is 1. The van der Waals surface area contributed by atoms with Crippen LogP contribution in [-0.2, 0) is 19.1 Å². The van der Waals surface area contributed by atoms with E-state index in [1.165, 1.54) is 18.2 Å². The third-order valence-electron chi connectivity index (χ3n) is 9.70. The number of hydrogen-bond acceptors (Lipinski definition) is 5. The number of likely N-dealkylation sites (N-methyl/N-ethyl adjacent to an activating group) is 1. The molecule has 1 aliphatic carbocycles. The van der Waals surface area contributed by atoms with E-state index >= 15 is 0 Å². The number of amides is 3. The number of nitrogens with one attached hydrogen (secondary N) is 2. The number of rotatable bonds is 9. The van der Waals surface area contributed by atoms with Gasteiger partial charge in [-0.2, -0.15) is 0 Å². The Balaban J connectivity index is 1.43. The van der Waals surface area contributed by atoms with E-state index in [0.29, 0.717) is 30.6 Å². The maximum absolute atomic E-state index is 14.1. The van der Waals surface area contributed by atoms with Crippen LogP contribution >= 0.6 is 11.6 Å². The van der Waals surface area contributed by atoms with Crippen LogP contribution in [0, 0.1) is 29.5 Å². The number of hydrogen-bond donors (Lipinski definition) is 2. The van der Waals surface area contributed by atoms with Gasteiger partial charge in [0, 0.05) is 24.8 Å². The second-order valence-corrected chi connectivity index (χ2v) is 12.2. The summed E-state index contributed by atoms with van der Waals surface area (Å²) in [5.74, 6) is -2.33. The Morgan fingerprint density at radius 1 is 1.20 bits per heavy atom. The van der Waals surface area contributed by atoms with Crippen molar-refractivity contribution in [2.75, 3.05) is 31.5 Å². The predicted octanol–water partition coefficient (Wildman–Crippen LogP) is 3.85. The summed E-state index contributed by atoms with van der Waals surface area (Å²) in [7, 11) is 0. The van der Waals surface area contributed by atoms with Gasteiger partial charge in [0.05, 0.1) is 23.0 Å².